The molecule has 2 aromatic carbocycles. The summed E-state index contributed by atoms with van der Waals surface area (Å²) in [6.07, 6.45) is 0.186. The second-order valence-corrected chi connectivity index (χ2v) is 9.42. The van der Waals surface area contributed by atoms with E-state index in [0.717, 1.165) is 22.0 Å². The summed E-state index contributed by atoms with van der Waals surface area (Å²) in [7, 11) is 1.63. The van der Waals surface area contributed by atoms with Gasteiger partial charge < -0.3 is 19.9 Å². The fourth-order valence-corrected chi connectivity index (χ4v) is 5.44. The number of nitrogens with zero attached hydrogens (tertiary/aromatic N) is 3. The Balaban J connectivity index is 1.66. The SMILES string of the molecule is CCN(CC)C(=O)C1=C(C)N=C2SC=C(CC(=O)NCc3ccccc3)N2[C@@H]1c1cccc(OC)c1. The van der Waals surface area contributed by atoms with Gasteiger partial charge in [-0.3, -0.25) is 9.59 Å². The number of hydrogen-bond donors (Lipinski definition) is 1. The lowest BCUT2D eigenvalue weighted by Gasteiger charge is -2.38. The van der Waals surface area contributed by atoms with Crippen LogP contribution in [0, 0.1) is 0 Å². The summed E-state index contributed by atoms with van der Waals surface area (Å²) in [5, 5.41) is 5.74. The van der Waals surface area contributed by atoms with Gasteiger partial charge >= 0.3 is 0 Å². The minimum atomic E-state index is -0.413. The Labute approximate surface area is 216 Å². The Morgan fingerprint density at radius 1 is 1.11 bits per heavy atom. The van der Waals surface area contributed by atoms with Gasteiger partial charge in [0.15, 0.2) is 5.17 Å². The van der Waals surface area contributed by atoms with Crippen LogP contribution in [0.4, 0.5) is 0 Å². The van der Waals surface area contributed by atoms with Gasteiger partial charge in [-0.25, -0.2) is 4.99 Å². The van der Waals surface area contributed by atoms with Gasteiger partial charge in [-0.2, -0.15) is 0 Å². The summed E-state index contributed by atoms with van der Waals surface area (Å²) < 4.78 is 5.49. The lowest BCUT2D eigenvalue weighted by molar-refractivity contribution is -0.127. The van der Waals surface area contributed by atoms with E-state index >= 15 is 0 Å². The Morgan fingerprint density at radius 3 is 2.56 bits per heavy atom. The molecule has 2 aliphatic rings. The smallest absolute Gasteiger partial charge is 0.254 e. The summed E-state index contributed by atoms with van der Waals surface area (Å²) in [5.74, 6) is 0.582. The number of ether oxygens (including phenoxy) is 1. The van der Waals surface area contributed by atoms with Crippen molar-refractivity contribution >= 4 is 28.7 Å². The highest BCUT2D eigenvalue weighted by Crippen LogP contribution is 2.45. The van der Waals surface area contributed by atoms with Crippen LogP contribution >= 0.6 is 11.8 Å². The number of amides is 2. The topological polar surface area (TPSA) is 74.2 Å². The number of nitrogens with one attached hydrogen (secondary N) is 1. The molecule has 2 amide bonds. The van der Waals surface area contributed by atoms with E-state index in [4.69, 9.17) is 9.73 Å². The van der Waals surface area contributed by atoms with Crippen molar-refractivity contribution in [3.05, 3.63) is 88.1 Å². The van der Waals surface area contributed by atoms with E-state index in [1.807, 2.05) is 90.6 Å². The number of amidine groups is 1. The molecule has 0 saturated carbocycles. The van der Waals surface area contributed by atoms with Gasteiger partial charge in [0.1, 0.15) is 5.75 Å². The van der Waals surface area contributed by atoms with Gasteiger partial charge in [0.2, 0.25) is 5.91 Å². The van der Waals surface area contributed by atoms with E-state index in [1.165, 1.54) is 11.8 Å². The van der Waals surface area contributed by atoms with Crippen molar-refractivity contribution < 1.29 is 14.3 Å². The number of fused-ring (bicyclic) bond motifs is 1. The van der Waals surface area contributed by atoms with Crippen molar-refractivity contribution in [1.29, 1.82) is 0 Å². The van der Waals surface area contributed by atoms with Crippen molar-refractivity contribution in [2.75, 3.05) is 20.2 Å². The zero-order chi connectivity index (χ0) is 25.7. The molecule has 2 heterocycles. The minimum absolute atomic E-state index is 0.0436. The largest absolute Gasteiger partial charge is 0.497 e. The highest BCUT2D eigenvalue weighted by atomic mass is 32.2. The van der Waals surface area contributed by atoms with E-state index in [9.17, 15) is 9.59 Å². The fraction of sp³-hybridized carbons (Fsp3) is 0.321. The molecule has 0 spiro atoms. The van der Waals surface area contributed by atoms with Crippen molar-refractivity contribution in [1.82, 2.24) is 15.1 Å². The highest BCUT2D eigenvalue weighted by molar-refractivity contribution is 8.16. The molecule has 7 nitrogen and oxygen atoms in total. The van der Waals surface area contributed by atoms with Gasteiger partial charge in [0, 0.05) is 25.3 Å². The summed E-state index contributed by atoms with van der Waals surface area (Å²) >= 11 is 1.48. The molecular weight excluding hydrogens is 472 g/mol. The number of carbonyl (C=O) groups is 2. The molecule has 0 fully saturated rings. The van der Waals surface area contributed by atoms with E-state index in [0.29, 0.717) is 36.7 Å². The fourth-order valence-electron chi connectivity index (χ4n) is 4.47. The van der Waals surface area contributed by atoms with Gasteiger partial charge in [-0.1, -0.05) is 54.2 Å². The molecule has 36 heavy (non-hydrogen) atoms. The number of thioether (sulfide) groups is 1. The third-order valence-corrected chi connectivity index (χ3v) is 7.25. The van der Waals surface area contributed by atoms with E-state index in [2.05, 4.69) is 5.32 Å². The maximum absolute atomic E-state index is 13.7. The molecule has 0 bridgehead atoms. The Morgan fingerprint density at radius 2 is 1.86 bits per heavy atom. The summed E-state index contributed by atoms with van der Waals surface area (Å²) in [6, 6.07) is 17.2. The number of aliphatic imine (C=N–C) groups is 1. The van der Waals surface area contributed by atoms with Crippen LogP contribution in [0.5, 0.6) is 5.75 Å². The van der Waals surface area contributed by atoms with Crippen LogP contribution in [0.2, 0.25) is 0 Å². The average molecular weight is 505 g/mol. The summed E-state index contributed by atoms with van der Waals surface area (Å²) in [6.45, 7) is 7.51. The Bertz CT molecular complexity index is 1220. The predicted octanol–water partition coefficient (Wildman–Crippen LogP) is 4.85. The van der Waals surface area contributed by atoms with E-state index in [1.54, 1.807) is 7.11 Å². The summed E-state index contributed by atoms with van der Waals surface area (Å²) in [5.41, 5.74) is 4.08. The molecule has 0 aliphatic carbocycles. The summed E-state index contributed by atoms with van der Waals surface area (Å²) in [4.78, 5) is 35.3. The molecule has 2 aliphatic heterocycles. The van der Waals surface area contributed by atoms with Crippen molar-refractivity contribution in [3.63, 3.8) is 0 Å². The second-order valence-electron chi connectivity index (χ2n) is 8.59. The third-order valence-electron chi connectivity index (χ3n) is 6.37. The highest BCUT2D eigenvalue weighted by Gasteiger charge is 2.41. The lowest BCUT2D eigenvalue weighted by atomic mass is 9.92. The first-order valence-electron chi connectivity index (χ1n) is 12.1. The number of benzene rings is 2. The minimum Gasteiger partial charge on any atom is -0.497 e. The quantitative estimate of drug-likeness (QED) is 0.529. The average Bonchev–Trinajstić information content (AvgIpc) is 3.29. The van der Waals surface area contributed by atoms with Crippen molar-refractivity contribution in [2.45, 2.75) is 39.8 Å². The van der Waals surface area contributed by atoms with Crippen molar-refractivity contribution in [2.24, 2.45) is 4.99 Å². The number of rotatable bonds is 9. The van der Waals surface area contributed by atoms with Crippen LogP contribution in [0.25, 0.3) is 0 Å². The van der Waals surface area contributed by atoms with Gasteiger partial charge in [-0.05, 0) is 49.4 Å². The first-order valence-corrected chi connectivity index (χ1v) is 13.0. The van der Waals surface area contributed by atoms with Crippen LogP contribution in [-0.2, 0) is 16.1 Å². The molecule has 1 atom stereocenters. The molecule has 0 unspecified atom stereocenters. The number of allylic oxidation sites excluding steroid dienone is 1. The van der Waals surface area contributed by atoms with Gasteiger partial charge in [0.05, 0.1) is 30.8 Å². The normalized spacial score (nSPS) is 16.8. The zero-order valence-corrected chi connectivity index (χ0v) is 22.0. The van der Waals surface area contributed by atoms with Gasteiger partial charge in [-0.15, -0.1) is 0 Å². The zero-order valence-electron chi connectivity index (χ0n) is 21.2. The van der Waals surface area contributed by atoms with Crippen LogP contribution in [-0.4, -0.2) is 47.0 Å². The molecule has 188 valence electrons. The second kappa shape index (κ2) is 11.5. The monoisotopic (exact) mass is 504 g/mol. The molecule has 8 heteroatoms. The molecule has 0 aromatic heterocycles. The Hall–Kier alpha value is -3.52. The first-order chi connectivity index (χ1) is 17.5. The lowest BCUT2D eigenvalue weighted by Crippen LogP contribution is -2.42. The van der Waals surface area contributed by atoms with Gasteiger partial charge in [0.25, 0.3) is 5.91 Å². The molecule has 0 radical (unpaired) electrons. The van der Waals surface area contributed by atoms with E-state index < -0.39 is 6.04 Å². The van der Waals surface area contributed by atoms with E-state index in [-0.39, 0.29) is 18.2 Å². The number of methoxy groups -OCH3 is 1. The Kier molecular flexibility index (Phi) is 8.15. The number of carbonyl (C=O) groups excluding carboxylic acids is 2. The number of hydrogen-bond acceptors (Lipinski definition) is 6. The third kappa shape index (κ3) is 5.33. The molecule has 0 saturated heterocycles. The van der Waals surface area contributed by atoms with Crippen LogP contribution in [0.15, 0.2) is 82.0 Å². The maximum atomic E-state index is 13.7. The molecule has 1 N–H and O–H groups in total. The molecule has 2 aromatic rings. The molecule has 4 rings (SSSR count). The molecular formula is C28H32N4O3S. The van der Waals surface area contributed by atoms with Crippen LogP contribution in [0.1, 0.15) is 44.4 Å². The number of likely N-dealkylation sites (N-methyl/N-ethyl adjacent to an activating group) is 1. The van der Waals surface area contributed by atoms with Crippen LogP contribution < -0.4 is 10.1 Å². The van der Waals surface area contributed by atoms with Crippen molar-refractivity contribution in [3.8, 4) is 5.75 Å². The first kappa shape index (κ1) is 25.6. The standard InChI is InChI=1S/C28H32N4O3S/c1-5-31(6-2)27(34)25-19(3)30-28-32(26(25)21-13-10-14-23(15-21)35-4)22(18-36-28)16-24(33)29-17-20-11-8-7-9-12-20/h7-15,18,26H,5-6,16-17H2,1-4H3,(H,29,33)/t26-/m1/s1. The van der Waals surface area contributed by atoms with Crippen LogP contribution in [0.3, 0.4) is 0 Å². The predicted molar refractivity (Wildman–Crippen MR) is 144 cm³/mol. The maximum Gasteiger partial charge on any atom is 0.254 e.